The smallest absolute Gasteiger partial charge is 0.380 e. The summed E-state index contributed by atoms with van der Waals surface area (Å²) in [6.07, 6.45) is -2.00. The minimum Gasteiger partial charge on any atom is -0.380 e. The van der Waals surface area contributed by atoms with Crippen LogP contribution in [-0.2, 0) is 4.84 Å². The van der Waals surface area contributed by atoms with Gasteiger partial charge in [0.2, 0.25) is 0 Å². The number of nitriles is 2. The van der Waals surface area contributed by atoms with Crippen LogP contribution in [0.1, 0.15) is 33.1 Å². The van der Waals surface area contributed by atoms with Gasteiger partial charge in [0.05, 0.1) is 17.9 Å². The summed E-state index contributed by atoms with van der Waals surface area (Å²) in [5.41, 5.74) is -1.54. The van der Waals surface area contributed by atoms with Gasteiger partial charge in [-0.25, -0.2) is 0 Å². The van der Waals surface area contributed by atoms with Gasteiger partial charge in [0.1, 0.15) is 5.41 Å². The fourth-order valence-electron chi connectivity index (χ4n) is 1.33. The first kappa shape index (κ1) is 17.8. The lowest BCUT2D eigenvalue weighted by Gasteiger charge is -2.19. The van der Waals surface area contributed by atoms with E-state index < -0.39 is 30.5 Å². The zero-order valence-corrected chi connectivity index (χ0v) is 11.2. The van der Waals surface area contributed by atoms with E-state index in [0.717, 1.165) is 0 Å². The van der Waals surface area contributed by atoms with E-state index in [1.807, 2.05) is 0 Å². The fourth-order valence-corrected chi connectivity index (χ4v) is 1.33. The lowest BCUT2D eigenvalue weighted by atomic mass is 9.81. The van der Waals surface area contributed by atoms with Crippen LogP contribution in [0.2, 0.25) is 0 Å². The van der Waals surface area contributed by atoms with E-state index in [1.54, 1.807) is 19.1 Å². The number of hydrogen-bond acceptors (Lipinski definition) is 4. The van der Waals surface area contributed by atoms with Gasteiger partial charge in [-0.2, -0.15) is 23.7 Å². The summed E-state index contributed by atoms with van der Waals surface area (Å²) in [6, 6.07) is 3.27. The number of alkyl halides is 3. The molecule has 1 unspecified atom stereocenters. The first-order valence-corrected chi connectivity index (χ1v) is 5.72. The van der Waals surface area contributed by atoms with Gasteiger partial charge in [0.15, 0.2) is 6.10 Å². The molecule has 0 aromatic carbocycles. The van der Waals surface area contributed by atoms with E-state index in [4.69, 9.17) is 21.8 Å². The van der Waals surface area contributed by atoms with Crippen molar-refractivity contribution in [3.63, 3.8) is 0 Å². The largest absolute Gasteiger partial charge is 0.389 e. The molecule has 0 aliphatic carbocycles. The molecule has 0 saturated heterocycles. The Bertz CT molecular complexity index is 463. The molecule has 0 fully saturated rings. The number of oxime groups is 1. The molecule has 7 heteroatoms. The molecule has 1 atom stereocenters. The highest BCUT2D eigenvalue weighted by Crippen LogP contribution is 2.33. The predicted octanol–water partition coefficient (Wildman–Crippen LogP) is 3.17. The summed E-state index contributed by atoms with van der Waals surface area (Å²) in [5.74, 6) is 2.25. The summed E-state index contributed by atoms with van der Waals surface area (Å²) in [4.78, 5) is 4.84. The van der Waals surface area contributed by atoms with Crippen molar-refractivity contribution in [1.29, 1.82) is 10.5 Å². The highest BCUT2D eigenvalue weighted by atomic mass is 19.4. The molecule has 0 N–H and O–H groups in total. The average molecular weight is 285 g/mol. The minimum absolute atomic E-state index is 0.229. The third-order valence-corrected chi connectivity index (χ3v) is 2.42. The van der Waals surface area contributed by atoms with Gasteiger partial charge >= 0.3 is 6.18 Å². The van der Waals surface area contributed by atoms with Crippen LogP contribution >= 0.6 is 0 Å². The summed E-state index contributed by atoms with van der Waals surface area (Å²) in [7, 11) is 0. The first-order chi connectivity index (χ1) is 9.18. The van der Waals surface area contributed by atoms with E-state index in [-0.39, 0.29) is 12.1 Å². The standard InChI is InChI=1S/C13H14F3N3O/c1-4-11(3)20-19-10(2)7-12(8-17,9-18)5-6-13(14,15)16/h1,11H,5-7H2,2-3H3. The Labute approximate surface area is 115 Å². The van der Waals surface area contributed by atoms with Crippen LogP contribution in [0.15, 0.2) is 5.16 Å². The van der Waals surface area contributed by atoms with Crippen molar-refractivity contribution in [3.05, 3.63) is 0 Å². The van der Waals surface area contributed by atoms with E-state index in [0.29, 0.717) is 0 Å². The van der Waals surface area contributed by atoms with Crippen LogP contribution in [0.4, 0.5) is 13.2 Å². The van der Waals surface area contributed by atoms with Crippen molar-refractivity contribution in [2.24, 2.45) is 10.6 Å². The van der Waals surface area contributed by atoms with Gasteiger partial charge in [-0.1, -0.05) is 11.1 Å². The Balaban J connectivity index is 4.83. The van der Waals surface area contributed by atoms with Crippen molar-refractivity contribution >= 4 is 5.71 Å². The molecule has 0 aliphatic rings. The van der Waals surface area contributed by atoms with Crippen LogP contribution in [0.3, 0.4) is 0 Å². The molecule has 0 amide bonds. The van der Waals surface area contributed by atoms with Crippen LogP contribution < -0.4 is 0 Å². The Morgan fingerprint density at radius 2 is 1.85 bits per heavy atom. The van der Waals surface area contributed by atoms with Crippen molar-refractivity contribution < 1.29 is 18.0 Å². The lowest BCUT2D eigenvalue weighted by molar-refractivity contribution is -0.138. The van der Waals surface area contributed by atoms with Gasteiger partial charge in [0.25, 0.3) is 0 Å². The maximum atomic E-state index is 12.2. The first-order valence-electron chi connectivity index (χ1n) is 5.72. The third kappa shape index (κ3) is 6.66. The molecule has 0 aromatic heterocycles. The van der Waals surface area contributed by atoms with E-state index in [2.05, 4.69) is 11.1 Å². The molecule has 0 saturated carbocycles. The zero-order chi connectivity index (χ0) is 15.8. The van der Waals surface area contributed by atoms with Crippen LogP contribution in [0.25, 0.3) is 0 Å². The predicted molar refractivity (Wildman–Crippen MR) is 66.1 cm³/mol. The fraction of sp³-hybridized carbons (Fsp3) is 0.615. The molecule has 0 rings (SSSR count). The normalized spacial score (nSPS) is 13.8. The second kappa shape index (κ2) is 7.40. The highest BCUT2D eigenvalue weighted by Gasteiger charge is 2.37. The van der Waals surface area contributed by atoms with E-state index in [1.165, 1.54) is 6.92 Å². The maximum absolute atomic E-state index is 12.2. The molecule has 4 nitrogen and oxygen atoms in total. The molecule has 0 bridgehead atoms. The maximum Gasteiger partial charge on any atom is 0.389 e. The van der Waals surface area contributed by atoms with Gasteiger partial charge in [-0.3, -0.25) is 0 Å². The number of rotatable bonds is 6. The SMILES string of the molecule is C#CC(C)ON=C(C)CC(C#N)(C#N)CCC(F)(F)F. The second-order valence-corrected chi connectivity index (χ2v) is 4.34. The Morgan fingerprint density at radius 3 is 2.25 bits per heavy atom. The molecule has 0 aliphatic heterocycles. The molecule has 0 radical (unpaired) electrons. The second-order valence-electron chi connectivity index (χ2n) is 4.34. The molecule has 20 heavy (non-hydrogen) atoms. The summed E-state index contributed by atoms with van der Waals surface area (Å²) >= 11 is 0. The van der Waals surface area contributed by atoms with Gasteiger partial charge < -0.3 is 4.84 Å². The van der Waals surface area contributed by atoms with Crippen molar-refractivity contribution in [2.45, 2.75) is 45.4 Å². The quantitative estimate of drug-likeness (QED) is 0.427. The molecule has 0 spiro atoms. The Morgan fingerprint density at radius 1 is 1.30 bits per heavy atom. The molecule has 0 heterocycles. The summed E-state index contributed by atoms with van der Waals surface area (Å²) < 4.78 is 36.6. The number of nitrogens with zero attached hydrogens (tertiary/aromatic N) is 3. The van der Waals surface area contributed by atoms with Crippen molar-refractivity contribution in [3.8, 4) is 24.5 Å². The van der Waals surface area contributed by atoms with Crippen LogP contribution in [-0.4, -0.2) is 18.0 Å². The van der Waals surface area contributed by atoms with Crippen molar-refractivity contribution in [2.75, 3.05) is 0 Å². The van der Waals surface area contributed by atoms with E-state index in [9.17, 15) is 13.2 Å². The lowest BCUT2D eigenvalue weighted by Crippen LogP contribution is -2.23. The number of halogens is 3. The Kier molecular flexibility index (Phi) is 6.59. The van der Waals surface area contributed by atoms with Gasteiger partial charge in [-0.05, 0) is 20.3 Å². The summed E-state index contributed by atoms with van der Waals surface area (Å²) in [5, 5.41) is 21.6. The van der Waals surface area contributed by atoms with E-state index >= 15 is 0 Å². The van der Waals surface area contributed by atoms with Crippen molar-refractivity contribution in [1.82, 2.24) is 0 Å². The minimum atomic E-state index is -4.42. The molecule has 0 aromatic rings. The van der Waals surface area contributed by atoms with Gasteiger partial charge in [-0.15, -0.1) is 6.42 Å². The third-order valence-electron chi connectivity index (χ3n) is 2.42. The molecular weight excluding hydrogens is 271 g/mol. The molecule has 108 valence electrons. The summed E-state index contributed by atoms with van der Waals surface area (Å²) in [6.45, 7) is 3.02. The Hall–Kier alpha value is -2.20. The number of terminal acetylenes is 1. The van der Waals surface area contributed by atoms with Gasteiger partial charge in [0, 0.05) is 12.8 Å². The van der Waals surface area contributed by atoms with Crippen LogP contribution in [0, 0.1) is 40.4 Å². The highest BCUT2D eigenvalue weighted by molar-refractivity contribution is 5.82. The van der Waals surface area contributed by atoms with Crippen LogP contribution in [0.5, 0.6) is 0 Å². The molecular formula is C13H14F3N3O. The zero-order valence-electron chi connectivity index (χ0n) is 11.2. The average Bonchev–Trinajstić information content (AvgIpc) is 2.40. The number of hydrogen-bond donors (Lipinski definition) is 0. The monoisotopic (exact) mass is 285 g/mol. The topological polar surface area (TPSA) is 69.2 Å².